The van der Waals surface area contributed by atoms with E-state index in [4.69, 9.17) is 9.47 Å². The van der Waals surface area contributed by atoms with E-state index in [0.29, 0.717) is 12.1 Å². The molecule has 1 rings (SSSR count). The topological polar surface area (TPSA) is 50.7 Å². The molecule has 0 aliphatic rings. The van der Waals surface area contributed by atoms with Crippen LogP contribution >= 0.6 is 0 Å². The number of benzene rings is 1. The van der Waals surface area contributed by atoms with Crippen LogP contribution in [0.5, 0.6) is 5.75 Å². The molecule has 0 aromatic heterocycles. The van der Waals surface area contributed by atoms with Crippen LogP contribution in [0.4, 0.5) is 8.78 Å². The highest BCUT2D eigenvalue weighted by Crippen LogP contribution is 2.23. The molecule has 0 aliphatic heterocycles. The van der Waals surface area contributed by atoms with Gasteiger partial charge in [-0.05, 0) is 30.7 Å². The highest BCUT2D eigenvalue weighted by atomic mass is 19.1. The number of hydrogen-bond acceptors (Lipinski definition) is 4. The van der Waals surface area contributed by atoms with Crippen LogP contribution in [0.2, 0.25) is 0 Å². The summed E-state index contributed by atoms with van der Waals surface area (Å²) < 4.78 is 37.2. The van der Waals surface area contributed by atoms with E-state index >= 15 is 0 Å². The lowest BCUT2D eigenvalue weighted by Gasteiger charge is -2.13. The van der Waals surface area contributed by atoms with E-state index in [-0.39, 0.29) is 13.2 Å². The standard InChI is InChI=1S/C14H21F2NO3/c1-3-4-17-7-10-5-12(15)14(13(16)6-10)20-9-11(18)8-19-2/h5-6,11,17-18H,3-4,7-9H2,1-2H3. The Morgan fingerprint density at radius 3 is 2.45 bits per heavy atom. The molecule has 0 heterocycles. The van der Waals surface area contributed by atoms with E-state index in [9.17, 15) is 13.9 Å². The molecule has 114 valence electrons. The lowest BCUT2D eigenvalue weighted by molar-refractivity contribution is 0.0305. The summed E-state index contributed by atoms with van der Waals surface area (Å²) in [5.41, 5.74) is 0.512. The molecule has 0 bridgehead atoms. The first kappa shape index (κ1) is 16.8. The number of methoxy groups -OCH3 is 1. The van der Waals surface area contributed by atoms with Crippen molar-refractivity contribution >= 4 is 0 Å². The van der Waals surface area contributed by atoms with Crippen molar-refractivity contribution in [3.05, 3.63) is 29.3 Å². The molecular weight excluding hydrogens is 268 g/mol. The zero-order valence-corrected chi connectivity index (χ0v) is 11.8. The van der Waals surface area contributed by atoms with Gasteiger partial charge in [-0.25, -0.2) is 8.78 Å². The maximum Gasteiger partial charge on any atom is 0.190 e. The molecule has 0 saturated heterocycles. The van der Waals surface area contributed by atoms with E-state index in [1.807, 2.05) is 6.92 Å². The van der Waals surface area contributed by atoms with Crippen molar-refractivity contribution < 1.29 is 23.4 Å². The van der Waals surface area contributed by atoms with Gasteiger partial charge >= 0.3 is 0 Å². The summed E-state index contributed by atoms with van der Waals surface area (Å²) >= 11 is 0. The molecular formula is C14H21F2NO3. The molecule has 1 unspecified atom stereocenters. The number of hydrogen-bond donors (Lipinski definition) is 2. The van der Waals surface area contributed by atoms with Crippen LogP contribution in [-0.4, -0.2) is 38.1 Å². The molecule has 0 saturated carbocycles. The molecule has 0 aliphatic carbocycles. The van der Waals surface area contributed by atoms with Gasteiger partial charge in [-0.2, -0.15) is 0 Å². The molecule has 4 nitrogen and oxygen atoms in total. The lowest BCUT2D eigenvalue weighted by atomic mass is 10.2. The Labute approximate surface area is 117 Å². The summed E-state index contributed by atoms with van der Waals surface area (Å²) in [5.74, 6) is -2.02. The third kappa shape index (κ3) is 5.40. The highest BCUT2D eigenvalue weighted by molar-refractivity contribution is 5.31. The van der Waals surface area contributed by atoms with E-state index in [2.05, 4.69) is 5.32 Å². The molecule has 6 heteroatoms. The van der Waals surface area contributed by atoms with Gasteiger partial charge in [0.25, 0.3) is 0 Å². The van der Waals surface area contributed by atoms with E-state index in [1.54, 1.807) is 0 Å². The minimum atomic E-state index is -0.926. The third-order valence-electron chi connectivity index (χ3n) is 2.59. The largest absolute Gasteiger partial charge is 0.485 e. The molecule has 2 N–H and O–H groups in total. The van der Waals surface area contributed by atoms with Crippen LogP contribution in [0.3, 0.4) is 0 Å². The fraction of sp³-hybridized carbons (Fsp3) is 0.571. The molecule has 0 spiro atoms. The Bertz CT molecular complexity index is 392. The Morgan fingerprint density at radius 2 is 1.90 bits per heavy atom. The summed E-state index contributed by atoms with van der Waals surface area (Å²) in [5, 5.41) is 12.4. The monoisotopic (exact) mass is 289 g/mol. The third-order valence-corrected chi connectivity index (χ3v) is 2.59. The molecule has 20 heavy (non-hydrogen) atoms. The summed E-state index contributed by atoms with van der Waals surface area (Å²) in [6.45, 7) is 3.01. The van der Waals surface area contributed by atoms with Crippen molar-refractivity contribution in [1.29, 1.82) is 0 Å². The lowest BCUT2D eigenvalue weighted by Crippen LogP contribution is -2.23. The van der Waals surface area contributed by atoms with Crippen molar-refractivity contribution in [3.63, 3.8) is 0 Å². The Hall–Kier alpha value is -1.24. The number of aliphatic hydroxyl groups is 1. The minimum absolute atomic E-state index is 0.0439. The number of nitrogens with one attached hydrogen (secondary N) is 1. The summed E-state index contributed by atoms with van der Waals surface area (Å²) in [6, 6.07) is 2.45. The van der Waals surface area contributed by atoms with Crippen molar-refractivity contribution in [2.45, 2.75) is 26.0 Å². The smallest absolute Gasteiger partial charge is 0.190 e. The average molecular weight is 289 g/mol. The zero-order chi connectivity index (χ0) is 15.0. The van der Waals surface area contributed by atoms with Crippen LogP contribution in [0, 0.1) is 11.6 Å². The van der Waals surface area contributed by atoms with Gasteiger partial charge < -0.3 is 19.9 Å². The second kappa shape index (κ2) is 8.84. The molecule has 1 aromatic carbocycles. The number of halogens is 2. The first-order chi connectivity index (χ1) is 9.58. The van der Waals surface area contributed by atoms with Crippen LogP contribution in [0.25, 0.3) is 0 Å². The van der Waals surface area contributed by atoms with E-state index in [1.165, 1.54) is 19.2 Å². The van der Waals surface area contributed by atoms with Crippen LogP contribution in [0.1, 0.15) is 18.9 Å². The fourth-order valence-electron chi connectivity index (χ4n) is 1.68. The van der Waals surface area contributed by atoms with Gasteiger partial charge in [0.2, 0.25) is 0 Å². The first-order valence-corrected chi connectivity index (χ1v) is 6.56. The van der Waals surface area contributed by atoms with Crippen molar-refractivity contribution in [2.24, 2.45) is 0 Å². The van der Waals surface area contributed by atoms with Gasteiger partial charge in [0, 0.05) is 13.7 Å². The van der Waals surface area contributed by atoms with Crippen molar-refractivity contribution in [3.8, 4) is 5.75 Å². The highest BCUT2D eigenvalue weighted by Gasteiger charge is 2.14. The van der Waals surface area contributed by atoms with Crippen molar-refractivity contribution in [1.82, 2.24) is 5.32 Å². The SMILES string of the molecule is CCCNCc1cc(F)c(OCC(O)COC)c(F)c1. The normalized spacial score (nSPS) is 12.4. The minimum Gasteiger partial charge on any atom is -0.485 e. The second-order valence-electron chi connectivity index (χ2n) is 4.49. The Kier molecular flexibility index (Phi) is 7.43. The fourth-order valence-corrected chi connectivity index (χ4v) is 1.68. The molecule has 0 amide bonds. The number of ether oxygens (including phenoxy) is 2. The van der Waals surface area contributed by atoms with Gasteiger partial charge in [-0.1, -0.05) is 6.92 Å². The second-order valence-corrected chi connectivity index (χ2v) is 4.49. The summed E-state index contributed by atoms with van der Waals surface area (Å²) in [6.07, 6.45) is 0.0218. The maximum absolute atomic E-state index is 13.8. The number of aliphatic hydroxyl groups excluding tert-OH is 1. The quantitative estimate of drug-likeness (QED) is 0.681. The van der Waals surface area contributed by atoms with Gasteiger partial charge in [-0.3, -0.25) is 0 Å². The Balaban J connectivity index is 2.64. The summed E-state index contributed by atoms with van der Waals surface area (Å²) in [7, 11) is 1.42. The van der Waals surface area contributed by atoms with E-state index in [0.717, 1.165) is 13.0 Å². The van der Waals surface area contributed by atoms with Crippen molar-refractivity contribution in [2.75, 3.05) is 26.9 Å². The van der Waals surface area contributed by atoms with Crippen LogP contribution in [-0.2, 0) is 11.3 Å². The summed E-state index contributed by atoms with van der Waals surface area (Å²) in [4.78, 5) is 0. The molecule has 1 atom stereocenters. The molecule has 0 radical (unpaired) electrons. The van der Waals surface area contributed by atoms with Gasteiger partial charge in [0.05, 0.1) is 6.61 Å². The zero-order valence-electron chi connectivity index (χ0n) is 11.8. The van der Waals surface area contributed by atoms with Crippen LogP contribution < -0.4 is 10.1 Å². The van der Waals surface area contributed by atoms with Gasteiger partial charge in [-0.15, -0.1) is 0 Å². The van der Waals surface area contributed by atoms with Crippen LogP contribution in [0.15, 0.2) is 12.1 Å². The molecule has 1 aromatic rings. The predicted molar refractivity (Wildman–Crippen MR) is 71.7 cm³/mol. The first-order valence-electron chi connectivity index (χ1n) is 6.56. The van der Waals surface area contributed by atoms with Gasteiger partial charge in [0.15, 0.2) is 17.4 Å². The maximum atomic E-state index is 13.8. The molecule has 0 fully saturated rings. The van der Waals surface area contributed by atoms with Gasteiger partial charge in [0.1, 0.15) is 12.7 Å². The predicted octanol–water partition coefficient (Wildman–Crippen LogP) is 1.85. The van der Waals surface area contributed by atoms with E-state index < -0.39 is 23.5 Å². The Morgan fingerprint density at radius 1 is 1.25 bits per heavy atom. The number of rotatable bonds is 9. The average Bonchev–Trinajstić information content (AvgIpc) is 2.38.